The summed E-state index contributed by atoms with van der Waals surface area (Å²) in [5.41, 5.74) is 0.184. The molecule has 1 aromatic rings. The van der Waals surface area contributed by atoms with Gasteiger partial charge in [0.2, 0.25) is 5.91 Å². The van der Waals surface area contributed by atoms with Crippen molar-refractivity contribution in [3.8, 4) is 0 Å². The van der Waals surface area contributed by atoms with Gasteiger partial charge in [0.25, 0.3) is 5.69 Å². The highest BCUT2D eigenvalue weighted by Gasteiger charge is 2.37. The molecule has 7 nitrogen and oxygen atoms in total. The molecule has 0 saturated heterocycles. The van der Waals surface area contributed by atoms with Crippen LogP contribution in [-0.2, 0) is 9.59 Å². The molecule has 0 heterocycles. The Morgan fingerprint density at radius 3 is 2.65 bits per heavy atom. The molecule has 0 aromatic heterocycles. The highest BCUT2D eigenvalue weighted by atomic mass is 16.6. The fourth-order valence-corrected chi connectivity index (χ4v) is 2.50. The first-order valence-corrected chi connectivity index (χ1v) is 6.27. The van der Waals surface area contributed by atoms with E-state index in [1.54, 1.807) is 0 Å². The molecule has 2 rings (SSSR count). The zero-order valence-electron chi connectivity index (χ0n) is 10.6. The number of benzene rings is 1. The number of carbonyl (C=O) groups excluding carboxylic acids is 1. The third-order valence-corrected chi connectivity index (χ3v) is 3.49. The minimum Gasteiger partial charge on any atom is -0.481 e. The first kappa shape index (κ1) is 14.0. The van der Waals surface area contributed by atoms with Crippen LogP contribution in [0.15, 0.2) is 24.3 Å². The van der Waals surface area contributed by atoms with Crippen molar-refractivity contribution >= 4 is 23.3 Å². The predicted molar refractivity (Wildman–Crippen MR) is 70.2 cm³/mol. The lowest BCUT2D eigenvalue weighted by Gasteiger charge is -2.15. The molecule has 7 heteroatoms. The van der Waals surface area contributed by atoms with Crippen LogP contribution in [0.2, 0.25) is 0 Å². The van der Waals surface area contributed by atoms with Gasteiger partial charge in [-0.3, -0.25) is 19.7 Å². The standard InChI is InChI=1S/C13H14N2O5/c16-12(10-5-2-6-11(10)13(17)18)14-8-3-1-4-9(7-8)15(19)20/h1,3-4,7,10-11H,2,5-6H2,(H,14,16)(H,17,18)/t10-,11+/m1/s1. The van der Waals surface area contributed by atoms with E-state index in [9.17, 15) is 19.7 Å². The summed E-state index contributed by atoms with van der Waals surface area (Å²) in [4.78, 5) is 33.2. The monoisotopic (exact) mass is 278 g/mol. The van der Waals surface area contributed by atoms with Gasteiger partial charge in [0, 0.05) is 17.8 Å². The Kier molecular flexibility index (Phi) is 3.97. The summed E-state index contributed by atoms with van der Waals surface area (Å²) in [5.74, 6) is -2.61. The Hall–Kier alpha value is -2.44. The Morgan fingerprint density at radius 2 is 2.00 bits per heavy atom. The van der Waals surface area contributed by atoms with E-state index in [2.05, 4.69) is 5.32 Å². The summed E-state index contributed by atoms with van der Waals surface area (Å²) in [6.45, 7) is 0. The first-order valence-electron chi connectivity index (χ1n) is 6.27. The van der Waals surface area contributed by atoms with Crippen molar-refractivity contribution < 1.29 is 19.6 Å². The topological polar surface area (TPSA) is 110 Å². The van der Waals surface area contributed by atoms with Gasteiger partial charge in [-0.1, -0.05) is 12.5 Å². The van der Waals surface area contributed by atoms with E-state index >= 15 is 0 Å². The zero-order valence-corrected chi connectivity index (χ0v) is 10.6. The molecular weight excluding hydrogens is 264 g/mol. The molecule has 0 bridgehead atoms. The van der Waals surface area contributed by atoms with Crippen LogP contribution in [0.25, 0.3) is 0 Å². The second kappa shape index (κ2) is 5.68. The van der Waals surface area contributed by atoms with Crippen molar-refractivity contribution in [1.29, 1.82) is 0 Å². The highest BCUT2D eigenvalue weighted by molar-refractivity contribution is 5.95. The van der Waals surface area contributed by atoms with Crippen molar-refractivity contribution in [1.82, 2.24) is 0 Å². The Morgan fingerprint density at radius 1 is 1.30 bits per heavy atom. The van der Waals surface area contributed by atoms with Gasteiger partial charge < -0.3 is 10.4 Å². The molecule has 1 amide bonds. The summed E-state index contributed by atoms with van der Waals surface area (Å²) < 4.78 is 0. The van der Waals surface area contributed by atoms with Gasteiger partial charge in [-0.05, 0) is 18.9 Å². The fraction of sp³-hybridized carbons (Fsp3) is 0.385. The van der Waals surface area contributed by atoms with Crippen molar-refractivity contribution in [2.24, 2.45) is 11.8 Å². The van der Waals surface area contributed by atoms with Crippen LogP contribution in [0.1, 0.15) is 19.3 Å². The lowest BCUT2D eigenvalue weighted by molar-refractivity contribution is -0.384. The molecule has 2 N–H and O–H groups in total. The van der Waals surface area contributed by atoms with Crippen LogP contribution < -0.4 is 5.32 Å². The number of nitro benzene ring substituents is 1. The molecule has 0 aliphatic heterocycles. The number of amides is 1. The average Bonchev–Trinajstić information content (AvgIpc) is 2.88. The van der Waals surface area contributed by atoms with Gasteiger partial charge in [-0.25, -0.2) is 0 Å². The second-order valence-corrected chi connectivity index (χ2v) is 4.78. The number of carboxylic acid groups (broad SMARTS) is 1. The Bertz CT molecular complexity index is 557. The number of hydrogen-bond acceptors (Lipinski definition) is 4. The quantitative estimate of drug-likeness (QED) is 0.646. The zero-order chi connectivity index (χ0) is 14.7. The summed E-state index contributed by atoms with van der Waals surface area (Å²) in [7, 11) is 0. The maximum absolute atomic E-state index is 12.1. The number of hydrogen-bond donors (Lipinski definition) is 2. The second-order valence-electron chi connectivity index (χ2n) is 4.78. The molecule has 0 radical (unpaired) electrons. The van der Waals surface area contributed by atoms with Gasteiger partial charge in [-0.15, -0.1) is 0 Å². The Labute approximate surface area is 114 Å². The van der Waals surface area contributed by atoms with Gasteiger partial charge in [0.1, 0.15) is 0 Å². The van der Waals surface area contributed by atoms with Crippen molar-refractivity contribution in [2.45, 2.75) is 19.3 Å². The molecule has 1 aliphatic rings. The molecule has 106 valence electrons. The molecule has 20 heavy (non-hydrogen) atoms. The normalized spacial score (nSPS) is 21.4. The number of carbonyl (C=O) groups is 2. The fourth-order valence-electron chi connectivity index (χ4n) is 2.50. The van der Waals surface area contributed by atoms with E-state index in [0.29, 0.717) is 24.9 Å². The van der Waals surface area contributed by atoms with Gasteiger partial charge >= 0.3 is 5.97 Å². The maximum atomic E-state index is 12.1. The lowest BCUT2D eigenvalue weighted by atomic mass is 9.95. The minimum atomic E-state index is -0.971. The SMILES string of the molecule is O=C(O)[C@H]1CCC[C@H]1C(=O)Nc1cccc([N+](=O)[O-])c1. The van der Waals surface area contributed by atoms with Gasteiger partial charge in [0.15, 0.2) is 0 Å². The molecule has 1 aliphatic carbocycles. The molecule has 2 atom stereocenters. The number of rotatable bonds is 4. The van der Waals surface area contributed by atoms with Crippen LogP contribution in [0.4, 0.5) is 11.4 Å². The summed E-state index contributed by atoms with van der Waals surface area (Å²) in [6, 6.07) is 5.58. The van der Waals surface area contributed by atoms with Crippen molar-refractivity contribution in [3.05, 3.63) is 34.4 Å². The molecule has 0 spiro atoms. The Balaban J connectivity index is 2.09. The first-order chi connectivity index (χ1) is 9.49. The molecule has 0 unspecified atom stereocenters. The molecular formula is C13H14N2O5. The largest absolute Gasteiger partial charge is 0.481 e. The molecule has 1 aromatic carbocycles. The highest BCUT2D eigenvalue weighted by Crippen LogP contribution is 2.33. The summed E-state index contributed by atoms with van der Waals surface area (Å²) in [5, 5.41) is 22.3. The van der Waals surface area contributed by atoms with E-state index in [4.69, 9.17) is 5.11 Å². The van der Waals surface area contributed by atoms with Gasteiger partial charge in [0.05, 0.1) is 16.8 Å². The van der Waals surface area contributed by atoms with Crippen LogP contribution in [0.5, 0.6) is 0 Å². The van der Waals surface area contributed by atoms with E-state index in [1.165, 1.54) is 24.3 Å². The molecule has 1 saturated carbocycles. The van der Waals surface area contributed by atoms with Crippen molar-refractivity contribution in [3.63, 3.8) is 0 Å². The maximum Gasteiger partial charge on any atom is 0.307 e. The number of non-ortho nitro benzene ring substituents is 1. The van der Waals surface area contributed by atoms with Crippen LogP contribution in [0, 0.1) is 22.0 Å². The summed E-state index contributed by atoms with van der Waals surface area (Å²) >= 11 is 0. The van der Waals surface area contributed by atoms with Gasteiger partial charge in [-0.2, -0.15) is 0 Å². The smallest absolute Gasteiger partial charge is 0.307 e. The van der Waals surface area contributed by atoms with Crippen LogP contribution in [0.3, 0.4) is 0 Å². The lowest BCUT2D eigenvalue weighted by Crippen LogP contribution is -2.29. The number of nitro groups is 1. The third kappa shape index (κ3) is 2.93. The number of nitrogens with one attached hydrogen (secondary N) is 1. The number of carboxylic acids is 1. The van der Waals surface area contributed by atoms with Crippen molar-refractivity contribution in [2.75, 3.05) is 5.32 Å². The third-order valence-electron chi connectivity index (χ3n) is 3.49. The number of nitrogens with zero attached hydrogens (tertiary/aromatic N) is 1. The van der Waals surface area contributed by atoms with E-state index in [0.717, 1.165) is 0 Å². The average molecular weight is 278 g/mol. The van der Waals surface area contributed by atoms with E-state index in [-0.39, 0.29) is 5.69 Å². The van der Waals surface area contributed by atoms with Crippen LogP contribution >= 0.6 is 0 Å². The molecule has 1 fully saturated rings. The minimum absolute atomic E-state index is 0.121. The van der Waals surface area contributed by atoms with Crippen LogP contribution in [-0.4, -0.2) is 21.9 Å². The predicted octanol–water partition coefficient (Wildman–Crippen LogP) is 2.03. The summed E-state index contributed by atoms with van der Waals surface area (Å²) in [6.07, 6.45) is 1.71. The van der Waals surface area contributed by atoms with E-state index < -0.39 is 28.6 Å². The number of anilines is 1. The number of aliphatic carboxylic acids is 1. The van der Waals surface area contributed by atoms with E-state index in [1.807, 2.05) is 0 Å².